The Hall–Kier alpha value is -2.39. The van der Waals surface area contributed by atoms with E-state index in [9.17, 15) is 8.78 Å². The highest BCUT2D eigenvalue weighted by atomic mass is 35.5. The molecule has 0 aliphatic carbocycles. The third-order valence-corrected chi connectivity index (χ3v) is 4.74. The molecular formula is C22H16ClF2O. The van der Waals surface area contributed by atoms with Crippen LogP contribution in [-0.2, 0) is 12.8 Å². The molecule has 4 heteroatoms. The molecule has 0 N–H and O–H groups in total. The van der Waals surface area contributed by atoms with Crippen molar-refractivity contribution in [3.05, 3.63) is 94.9 Å². The molecule has 3 aromatic carbocycles. The van der Waals surface area contributed by atoms with Crippen LogP contribution in [0.5, 0.6) is 5.75 Å². The van der Waals surface area contributed by atoms with Gasteiger partial charge < -0.3 is 4.74 Å². The molecule has 0 aromatic heterocycles. The van der Waals surface area contributed by atoms with Gasteiger partial charge in [0, 0.05) is 29.0 Å². The maximum atomic E-state index is 14.3. The summed E-state index contributed by atoms with van der Waals surface area (Å²) >= 11 is 6.21. The molecular weight excluding hydrogens is 354 g/mol. The average molecular weight is 370 g/mol. The van der Waals surface area contributed by atoms with E-state index in [1.807, 2.05) is 24.3 Å². The van der Waals surface area contributed by atoms with Crippen molar-refractivity contribution < 1.29 is 13.5 Å². The minimum absolute atomic E-state index is 0.126. The highest BCUT2D eigenvalue weighted by Crippen LogP contribution is 2.42. The lowest BCUT2D eigenvalue weighted by Gasteiger charge is -2.13. The lowest BCUT2D eigenvalue weighted by atomic mass is 9.99. The van der Waals surface area contributed by atoms with Crippen molar-refractivity contribution in [2.45, 2.75) is 18.9 Å². The van der Waals surface area contributed by atoms with Gasteiger partial charge in [-0.3, -0.25) is 0 Å². The quantitative estimate of drug-likeness (QED) is 0.545. The van der Waals surface area contributed by atoms with Crippen molar-refractivity contribution in [1.29, 1.82) is 0 Å². The molecule has 0 bridgehead atoms. The Labute approximate surface area is 156 Å². The van der Waals surface area contributed by atoms with Crippen molar-refractivity contribution in [3.63, 3.8) is 0 Å². The fourth-order valence-corrected chi connectivity index (χ4v) is 3.52. The van der Waals surface area contributed by atoms with Crippen LogP contribution in [0, 0.1) is 18.1 Å². The zero-order chi connectivity index (χ0) is 18.1. The Morgan fingerprint density at radius 1 is 1.00 bits per heavy atom. The minimum Gasteiger partial charge on any atom is -0.489 e. The van der Waals surface area contributed by atoms with Crippen LogP contribution in [0.15, 0.2) is 60.7 Å². The van der Waals surface area contributed by atoms with Gasteiger partial charge in [-0.05, 0) is 35.7 Å². The Morgan fingerprint density at radius 2 is 1.81 bits per heavy atom. The number of rotatable bonds is 4. The van der Waals surface area contributed by atoms with Gasteiger partial charge in [-0.1, -0.05) is 54.1 Å². The predicted octanol–water partition coefficient (Wildman–Crippen LogP) is 6.04. The Kier molecular flexibility index (Phi) is 4.64. The Morgan fingerprint density at radius 3 is 2.62 bits per heavy atom. The maximum Gasteiger partial charge on any atom is 0.166 e. The fraction of sp³-hybridized carbons (Fsp3) is 0.136. The number of hydrogen-bond donors (Lipinski definition) is 0. The van der Waals surface area contributed by atoms with E-state index in [-0.39, 0.29) is 11.7 Å². The summed E-state index contributed by atoms with van der Waals surface area (Å²) in [6.45, 7) is 0. The van der Waals surface area contributed by atoms with E-state index in [0.29, 0.717) is 22.8 Å². The number of halogens is 3. The standard InChI is InChI=1S/C22H16ClF2O/c23-16-11-15-12-17(10-9-14-5-2-1-3-6-14)26-22(15)19(13-16)18-7-4-8-20(24)21(18)25/h1-8,10-11,13,17H,9,12H2. The summed E-state index contributed by atoms with van der Waals surface area (Å²) in [5, 5.41) is 0.481. The molecule has 3 aromatic rings. The number of benzene rings is 3. The van der Waals surface area contributed by atoms with Crippen molar-refractivity contribution in [3.8, 4) is 16.9 Å². The van der Waals surface area contributed by atoms with Gasteiger partial charge in [0.1, 0.15) is 11.9 Å². The molecule has 26 heavy (non-hydrogen) atoms. The molecule has 1 atom stereocenters. The van der Waals surface area contributed by atoms with E-state index in [2.05, 4.69) is 18.6 Å². The zero-order valence-electron chi connectivity index (χ0n) is 13.9. The van der Waals surface area contributed by atoms with E-state index in [4.69, 9.17) is 16.3 Å². The fourth-order valence-electron chi connectivity index (χ4n) is 3.28. The highest BCUT2D eigenvalue weighted by molar-refractivity contribution is 6.31. The molecule has 1 aliphatic heterocycles. The predicted molar refractivity (Wildman–Crippen MR) is 99.4 cm³/mol. The van der Waals surface area contributed by atoms with E-state index < -0.39 is 11.6 Å². The highest BCUT2D eigenvalue weighted by Gasteiger charge is 2.28. The summed E-state index contributed by atoms with van der Waals surface area (Å²) in [5.74, 6) is -1.20. The van der Waals surface area contributed by atoms with Crippen LogP contribution in [0.1, 0.15) is 11.1 Å². The normalized spacial score (nSPS) is 15.6. The molecule has 1 unspecified atom stereocenters. The van der Waals surface area contributed by atoms with Crippen molar-refractivity contribution in [2.24, 2.45) is 0 Å². The Balaban J connectivity index is 1.61. The van der Waals surface area contributed by atoms with Crippen LogP contribution in [-0.4, -0.2) is 6.10 Å². The summed E-state index contributed by atoms with van der Waals surface area (Å²) < 4.78 is 34.0. The van der Waals surface area contributed by atoms with Crippen molar-refractivity contribution in [1.82, 2.24) is 0 Å². The molecule has 1 nitrogen and oxygen atoms in total. The SMILES string of the molecule is Fc1cccc(-c2cc(Cl)cc3c2OC([CH]Cc2ccccc2)C3)c1F. The topological polar surface area (TPSA) is 9.23 Å². The van der Waals surface area contributed by atoms with Gasteiger partial charge >= 0.3 is 0 Å². The number of fused-ring (bicyclic) bond motifs is 1. The van der Waals surface area contributed by atoms with Crippen molar-refractivity contribution >= 4 is 11.6 Å². The summed E-state index contributed by atoms with van der Waals surface area (Å²) in [7, 11) is 0. The van der Waals surface area contributed by atoms with E-state index in [1.165, 1.54) is 17.7 Å². The molecule has 0 spiro atoms. The van der Waals surface area contributed by atoms with Crippen LogP contribution in [0.25, 0.3) is 11.1 Å². The lowest BCUT2D eigenvalue weighted by Crippen LogP contribution is -2.14. The molecule has 1 heterocycles. The van der Waals surface area contributed by atoms with Crippen LogP contribution in [0.3, 0.4) is 0 Å². The molecule has 0 fully saturated rings. The lowest BCUT2D eigenvalue weighted by molar-refractivity contribution is 0.264. The second-order valence-electron chi connectivity index (χ2n) is 6.33. The maximum absolute atomic E-state index is 14.3. The largest absolute Gasteiger partial charge is 0.489 e. The molecule has 1 radical (unpaired) electrons. The van der Waals surface area contributed by atoms with E-state index >= 15 is 0 Å². The first-order valence-corrected chi connectivity index (χ1v) is 8.80. The van der Waals surface area contributed by atoms with Gasteiger partial charge in [0.25, 0.3) is 0 Å². The van der Waals surface area contributed by atoms with Gasteiger partial charge in [-0.25, -0.2) is 8.78 Å². The molecule has 0 saturated heterocycles. The van der Waals surface area contributed by atoms with Crippen LogP contribution in [0.2, 0.25) is 5.02 Å². The third-order valence-electron chi connectivity index (χ3n) is 4.52. The number of ether oxygens (including phenoxy) is 1. The molecule has 131 valence electrons. The first-order chi connectivity index (χ1) is 12.6. The van der Waals surface area contributed by atoms with Crippen LogP contribution in [0.4, 0.5) is 8.78 Å². The number of hydrogen-bond acceptors (Lipinski definition) is 1. The summed E-state index contributed by atoms with van der Waals surface area (Å²) in [4.78, 5) is 0. The van der Waals surface area contributed by atoms with Gasteiger partial charge in [-0.2, -0.15) is 0 Å². The first-order valence-electron chi connectivity index (χ1n) is 8.42. The monoisotopic (exact) mass is 369 g/mol. The summed E-state index contributed by atoms with van der Waals surface area (Å²) in [6, 6.07) is 17.7. The Bertz CT molecular complexity index is 940. The average Bonchev–Trinajstić information content (AvgIpc) is 3.05. The van der Waals surface area contributed by atoms with Gasteiger partial charge in [0.15, 0.2) is 11.6 Å². The van der Waals surface area contributed by atoms with Gasteiger partial charge in [0.05, 0.1) is 0 Å². The zero-order valence-corrected chi connectivity index (χ0v) is 14.6. The molecule has 1 aliphatic rings. The van der Waals surface area contributed by atoms with E-state index in [1.54, 1.807) is 6.07 Å². The second-order valence-corrected chi connectivity index (χ2v) is 6.77. The summed E-state index contributed by atoms with van der Waals surface area (Å²) in [5.41, 5.74) is 2.75. The van der Waals surface area contributed by atoms with Gasteiger partial charge in [-0.15, -0.1) is 0 Å². The van der Waals surface area contributed by atoms with Gasteiger partial charge in [0.2, 0.25) is 0 Å². The first kappa shape index (κ1) is 17.0. The molecule has 4 rings (SSSR count). The smallest absolute Gasteiger partial charge is 0.166 e. The summed E-state index contributed by atoms with van der Waals surface area (Å²) in [6.07, 6.45) is 3.40. The second kappa shape index (κ2) is 7.08. The van der Waals surface area contributed by atoms with Crippen molar-refractivity contribution in [2.75, 3.05) is 0 Å². The minimum atomic E-state index is -0.891. The van der Waals surface area contributed by atoms with E-state index in [0.717, 1.165) is 18.1 Å². The molecule has 0 amide bonds. The van der Waals surface area contributed by atoms with Crippen LogP contribution >= 0.6 is 11.6 Å². The van der Waals surface area contributed by atoms with Crippen LogP contribution < -0.4 is 4.74 Å². The third kappa shape index (κ3) is 3.32. The molecule has 0 saturated carbocycles.